The van der Waals surface area contributed by atoms with Crippen LogP contribution in [0.5, 0.6) is 5.75 Å². The Bertz CT molecular complexity index is 555. The summed E-state index contributed by atoms with van der Waals surface area (Å²) >= 11 is 0. The molecule has 0 amide bonds. The Balaban J connectivity index is 2.37. The summed E-state index contributed by atoms with van der Waals surface area (Å²) < 4.78 is 18.7. The zero-order valence-corrected chi connectivity index (χ0v) is 10.9. The molecule has 19 heavy (non-hydrogen) atoms. The molecule has 0 atom stereocenters. The molecule has 0 spiro atoms. The highest BCUT2D eigenvalue weighted by Crippen LogP contribution is 2.29. The molecule has 1 N–H and O–H groups in total. The van der Waals surface area contributed by atoms with Gasteiger partial charge < -0.3 is 14.7 Å². The smallest absolute Gasteiger partial charge is 0.130 e. The molecule has 0 radical (unpaired) electrons. The Morgan fingerprint density at radius 1 is 1.16 bits per heavy atom. The molecule has 0 aliphatic carbocycles. The van der Waals surface area contributed by atoms with Gasteiger partial charge in [-0.3, -0.25) is 0 Å². The molecule has 0 bridgehead atoms. The SMILES string of the molecule is COc1ccc(N(C)c2cccc(F)c2CO)cc1. The van der Waals surface area contributed by atoms with Crippen LogP contribution in [0.3, 0.4) is 0 Å². The third-order valence-corrected chi connectivity index (χ3v) is 3.07. The third kappa shape index (κ3) is 2.69. The largest absolute Gasteiger partial charge is 0.497 e. The molecule has 2 aromatic rings. The van der Waals surface area contributed by atoms with Crippen molar-refractivity contribution in [1.82, 2.24) is 0 Å². The van der Waals surface area contributed by atoms with Crippen LogP contribution < -0.4 is 9.64 Å². The standard InChI is InChI=1S/C15H16FNO2/c1-17(11-6-8-12(19-2)9-7-11)15-5-3-4-14(16)13(15)10-18/h3-9,18H,10H2,1-2H3. The highest BCUT2D eigenvalue weighted by molar-refractivity contribution is 5.66. The number of nitrogens with zero attached hydrogens (tertiary/aromatic N) is 1. The Labute approximate surface area is 111 Å². The average Bonchev–Trinajstić information content (AvgIpc) is 2.46. The molecule has 100 valence electrons. The topological polar surface area (TPSA) is 32.7 Å². The van der Waals surface area contributed by atoms with Crippen molar-refractivity contribution in [2.75, 3.05) is 19.1 Å². The van der Waals surface area contributed by atoms with Crippen LogP contribution in [-0.4, -0.2) is 19.3 Å². The van der Waals surface area contributed by atoms with Crippen molar-refractivity contribution in [3.05, 3.63) is 53.8 Å². The van der Waals surface area contributed by atoms with Crippen molar-refractivity contribution in [2.24, 2.45) is 0 Å². The maximum absolute atomic E-state index is 13.6. The minimum atomic E-state index is -0.402. The Morgan fingerprint density at radius 3 is 2.42 bits per heavy atom. The third-order valence-electron chi connectivity index (χ3n) is 3.07. The van der Waals surface area contributed by atoms with Crippen LogP contribution in [0.1, 0.15) is 5.56 Å². The molecule has 4 heteroatoms. The zero-order valence-electron chi connectivity index (χ0n) is 10.9. The van der Waals surface area contributed by atoms with Gasteiger partial charge in [-0.15, -0.1) is 0 Å². The molecule has 0 heterocycles. The first-order valence-electron chi connectivity index (χ1n) is 5.93. The molecule has 0 saturated heterocycles. The number of anilines is 2. The molecule has 0 aliphatic rings. The molecule has 0 fully saturated rings. The quantitative estimate of drug-likeness (QED) is 0.918. The van der Waals surface area contributed by atoms with Gasteiger partial charge in [-0.05, 0) is 36.4 Å². The predicted octanol–water partition coefficient (Wildman–Crippen LogP) is 3.09. The van der Waals surface area contributed by atoms with E-state index < -0.39 is 5.82 Å². The van der Waals surface area contributed by atoms with E-state index in [1.165, 1.54) is 6.07 Å². The van der Waals surface area contributed by atoms with Gasteiger partial charge in [-0.25, -0.2) is 4.39 Å². The van der Waals surface area contributed by atoms with Crippen molar-refractivity contribution in [1.29, 1.82) is 0 Å². The molecule has 2 rings (SSSR count). The fourth-order valence-corrected chi connectivity index (χ4v) is 1.96. The van der Waals surface area contributed by atoms with E-state index in [-0.39, 0.29) is 6.61 Å². The average molecular weight is 261 g/mol. The van der Waals surface area contributed by atoms with Crippen LogP contribution in [0.15, 0.2) is 42.5 Å². The van der Waals surface area contributed by atoms with E-state index in [4.69, 9.17) is 4.74 Å². The van der Waals surface area contributed by atoms with E-state index in [9.17, 15) is 9.50 Å². The first-order chi connectivity index (χ1) is 9.17. The summed E-state index contributed by atoms with van der Waals surface area (Å²) in [6.45, 7) is -0.331. The van der Waals surface area contributed by atoms with Crippen LogP contribution in [-0.2, 0) is 6.61 Å². The maximum atomic E-state index is 13.6. The van der Waals surface area contributed by atoms with Gasteiger partial charge in [0.05, 0.1) is 13.7 Å². The number of rotatable bonds is 4. The van der Waals surface area contributed by atoms with Crippen LogP contribution in [0.2, 0.25) is 0 Å². The van der Waals surface area contributed by atoms with E-state index in [2.05, 4.69) is 0 Å². The number of hydrogen-bond donors (Lipinski definition) is 1. The van der Waals surface area contributed by atoms with E-state index in [1.807, 2.05) is 36.2 Å². The summed E-state index contributed by atoms with van der Waals surface area (Å²) in [5.41, 5.74) is 1.83. The summed E-state index contributed by atoms with van der Waals surface area (Å²) in [6, 6.07) is 12.2. The van der Waals surface area contributed by atoms with Gasteiger partial charge in [0.25, 0.3) is 0 Å². The predicted molar refractivity (Wildman–Crippen MR) is 73.4 cm³/mol. The molecule has 0 saturated carbocycles. The molecule has 0 aliphatic heterocycles. The number of methoxy groups -OCH3 is 1. The van der Waals surface area contributed by atoms with E-state index in [1.54, 1.807) is 19.2 Å². The van der Waals surface area contributed by atoms with Gasteiger partial charge in [0.2, 0.25) is 0 Å². The van der Waals surface area contributed by atoms with Crippen LogP contribution >= 0.6 is 0 Å². The Kier molecular flexibility index (Phi) is 4.02. The lowest BCUT2D eigenvalue weighted by Crippen LogP contribution is -2.12. The lowest BCUT2D eigenvalue weighted by atomic mass is 10.1. The lowest BCUT2D eigenvalue weighted by molar-refractivity contribution is 0.276. The molecule has 2 aromatic carbocycles. The fraction of sp³-hybridized carbons (Fsp3) is 0.200. The monoisotopic (exact) mass is 261 g/mol. The molecule has 3 nitrogen and oxygen atoms in total. The highest BCUT2D eigenvalue weighted by Gasteiger charge is 2.12. The van der Waals surface area contributed by atoms with Gasteiger partial charge in [0, 0.05) is 24.0 Å². The molecular formula is C15H16FNO2. The summed E-state index contributed by atoms with van der Waals surface area (Å²) in [7, 11) is 3.44. The van der Waals surface area contributed by atoms with Gasteiger partial charge in [0.15, 0.2) is 0 Å². The number of benzene rings is 2. The first kappa shape index (κ1) is 13.4. The zero-order chi connectivity index (χ0) is 13.8. The number of aliphatic hydroxyl groups excluding tert-OH is 1. The number of hydrogen-bond acceptors (Lipinski definition) is 3. The second kappa shape index (κ2) is 5.71. The van der Waals surface area contributed by atoms with Gasteiger partial charge in [-0.1, -0.05) is 6.07 Å². The minimum Gasteiger partial charge on any atom is -0.497 e. The fourth-order valence-electron chi connectivity index (χ4n) is 1.96. The van der Waals surface area contributed by atoms with Crippen molar-refractivity contribution >= 4 is 11.4 Å². The number of ether oxygens (including phenoxy) is 1. The van der Waals surface area contributed by atoms with Crippen molar-refractivity contribution < 1.29 is 14.2 Å². The Hall–Kier alpha value is -2.07. The molecule has 0 aromatic heterocycles. The molecular weight excluding hydrogens is 245 g/mol. The van der Waals surface area contributed by atoms with Crippen molar-refractivity contribution in [3.8, 4) is 5.75 Å². The second-order valence-corrected chi connectivity index (χ2v) is 4.15. The lowest BCUT2D eigenvalue weighted by Gasteiger charge is -2.22. The first-order valence-corrected chi connectivity index (χ1v) is 5.93. The minimum absolute atomic E-state index is 0.292. The van der Waals surface area contributed by atoms with Gasteiger partial charge in [0.1, 0.15) is 11.6 Å². The molecule has 0 unspecified atom stereocenters. The van der Waals surface area contributed by atoms with Crippen LogP contribution in [0, 0.1) is 5.82 Å². The number of halogens is 1. The van der Waals surface area contributed by atoms with Crippen molar-refractivity contribution in [2.45, 2.75) is 6.61 Å². The Morgan fingerprint density at radius 2 is 1.84 bits per heavy atom. The maximum Gasteiger partial charge on any atom is 0.130 e. The second-order valence-electron chi connectivity index (χ2n) is 4.15. The van der Waals surface area contributed by atoms with Crippen LogP contribution in [0.25, 0.3) is 0 Å². The number of aliphatic hydroxyl groups is 1. The normalized spacial score (nSPS) is 10.3. The van der Waals surface area contributed by atoms with Crippen molar-refractivity contribution in [3.63, 3.8) is 0 Å². The summed E-state index contributed by atoms with van der Waals surface area (Å²) in [6.07, 6.45) is 0. The van der Waals surface area contributed by atoms with E-state index in [0.29, 0.717) is 11.3 Å². The van der Waals surface area contributed by atoms with Gasteiger partial charge in [-0.2, -0.15) is 0 Å². The van der Waals surface area contributed by atoms with E-state index >= 15 is 0 Å². The highest BCUT2D eigenvalue weighted by atomic mass is 19.1. The van der Waals surface area contributed by atoms with Crippen LogP contribution in [0.4, 0.5) is 15.8 Å². The van der Waals surface area contributed by atoms with Gasteiger partial charge >= 0.3 is 0 Å². The van der Waals surface area contributed by atoms with E-state index in [0.717, 1.165) is 11.4 Å². The summed E-state index contributed by atoms with van der Waals surface area (Å²) in [5, 5.41) is 9.29. The summed E-state index contributed by atoms with van der Waals surface area (Å²) in [5.74, 6) is 0.360. The summed E-state index contributed by atoms with van der Waals surface area (Å²) in [4.78, 5) is 1.83.